The molecule has 0 spiro atoms. The van der Waals surface area contributed by atoms with Crippen LogP contribution in [0, 0.1) is 0 Å². The molecule has 0 aliphatic heterocycles. The average Bonchev–Trinajstić information content (AvgIpc) is 3.05. The molecule has 2 heterocycles. The number of nitrogens with zero attached hydrogens (tertiary/aromatic N) is 3. The Kier molecular flexibility index (Phi) is 5.47. The van der Waals surface area contributed by atoms with Crippen molar-refractivity contribution in [1.82, 2.24) is 25.3 Å². The van der Waals surface area contributed by atoms with Crippen LogP contribution in [0.25, 0.3) is 10.9 Å². The first kappa shape index (κ1) is 18.1. The number of hydrogen-bond acceptors (Lipinski definition) is 6. The summed E-state index contributed by atoms with van der Waals surface area (Å²) in [5.74, 6) is 0.841. The Bertz CT molecular complexity index is 971. The molecular weight excluding hydrogens is 352 g/mol. The molecule has 3 N–H and O–H groups in total. The van der Waals surface area contributed by atoms with E-state index in [2.05, 4.69) is 30.9 Å². The number of rotatable bonds is 5. The van der Waals surface area contributed by atoms with E-state index in [0.717, 1.165) is 10.9 Å². The van der Waals surface area contributed by atoms with Gasteiger partial charge in [0.2, 0.25) is 11.8 Å². The summed E-state index contributed by atoms with van der Waals surface area (Å²) in [7, 11) is 1.31. The molecule has 0 aliphatic rings. The van der Waals surface area contributed by atoms with Gasteiger partial charge in [0.15, 0.2) is 0 Å². The Hall–Kier alpha value is -3.66. The van der Waals surface area contributed by atoms with Gasteiger partial charge in [-0.1, -0.05) is 0 Å². The van der Waals surface area contributed by atoms with Crippen LogP contribution in [-0.4, -0.2) is 40.3 Å². The molecule has 2 aromatic heterocycles. The van der Waals surface area contributed by atoms with Crippen molar-refractivity contribution in [2.24, 2.45) is 0 Å². The van der Waals surface area contributed by atoms with Crippen molar-refractivity contribution in [3.63, 3.8) is 0 Å². The van der Waals surface area contributed by atoms with Gasteiger partial charge in [0.25, 0.3) is 0 Å². The largest absolute Gasteiger partial charge is 0.439 e. The molecule has 1 aromatic carbocycles. The number of nitrogens with one attached hydrogen (secondary N) is 3. The first-order valence-electron chi connectivity index (χ1n) is 8.11. The van der Waals surface area contributed by atoms with Crippen LogP contribution in [0.3, 0.4) is 0 Å². The van der Waals surface area contributed by atoms with E-state index in [1.165, 1.54) is 17.9 Å². The fourth-order valence-corrected chi connectivity index (χ4v) is 2.40. The molecule has 3 aromatic rings. The fraction of sp³-hybridized carbons (Fsp3) is 0.176. The second-order valence-corrected chi connectivity index (χ2v) is 5.32. The van der Waals surface area contributed by atoms with Gasteiger partial charge < -0.3 is 10.1 Å². The normalized spacial score (nSPS) is 10.4. The zero-order valence-electron chi connectivity index (χ0n) is 14.7. The van der Waals surface area contributed by atoms with Gasteiger partial charge in [-0.25, -0.2) is 20.1 Å². The monoisotopic (exact) mass is 370 g/mol. The first-order chi connectivity index (χ1) is 13.1. The number of anilines is 1. The number of aromatic nitrogens is 3. The molecule has 0 aliphatic carbocycles. The van der Waals surface area contributed by atoms with Gasteiger partial charge in [0, 0.05) is 30.4 Å². The Morgan fingerprint density at radius 2 is 2.07 bits per heavy atom. The van der Waals surface area contributed by atoms with Crippen LogP contribution < -0.4 is 20.9 Å². The third-order valence-corrected chi connectivity index (χ3v) is 3.48. The number of carbonyl (C=O) groups excluding carboxylic acids is 2. The Labute approximate surface area is 154 Å². The zero-order chi connectivity index (χ0) is 19.2. The third kappa shape index (κ3) is 4.30. The highest BCUT2D eigenvalue weighted by molar-refractivity contribution is 5.92. The van der Waals surface area contributed by atoms with Gasteiger partial charge in [-0.3, -0.25) is 14.7 Å². The molecule has 3 rings (SSSR count). The van der Waals surface area contributed by atoms with Crippen molar-refractivity contribution in [2.75, 3.05) is 19.0 Å². The van der Waals surface area contributed by atoms with Crippen LogP contribution >= 0.6 is 0 Å². The summed E-state index contributed by atoms with van der Waals surface area (Å²) in [6.45, 7) is 2.41. The second kappa shape index (κ2) is 8.15. The minimum atomic E-state index is -0.609. The van der Waals surface area contributed by atoms with Crippen LogP contribution in [0.4, 0.5) is 15.5 Å². The summed E-state index contributed by atoms with van der Waals surface area (Å²) >= 11 is 0. The van der Waals surface area contributed by atoms with Crippen molar-refractivity contribution in [3.05, 3.63) is 42.7 Å². The van der Waals surface area contributed by atoms with Crippen molar-refractivity contribution >= 4 is 28.9 Å². The topological polar surface area (TPSA) is 119 Å². The summed E-state index contributed by atoms with van der Waals surface area (Å²) in [5, 5.41) is 5.99. The van der Waals surface area contributed by atoms with Gasteiger partial charge in [-0.05, 0) is 31.2 Å². The Morgan fingerprint density at radius 1 is 1.22 bits per heavy atom. The second-order valence-electron chi connectivity index (χ2n) is 5.32. The number of carbonyl (C=O) groups is 2. The van der Waals surface area contributed by atoms with E-state index in [4.69, 9.17) is 4.74 Å². The predicted octanol–water partition coefficient (Wildman–Crippen LogP) is 2.48. The lowest BCUT2D eigenvalue weighted by Gasteiger charge is -2.08. The van der Waals surface area contributed by atoms with Gasteiger partial charge in [0.05, 0.1) is 12.6 Å². The standard InChI is InChI=1S/C17H18N6O4/c1-3-18-17(25)23-9-7-11-10-12(4-5-13(11)23)27-14-6-8-19-15(20-14)21-16(24)22-26-2/h4-10H,3H2,1-2H3,(H,18,25)(H2,19,20,21,22,24). The van der Waals surface area contributed by atoms with Crippen molar-refractivity contribution in [2.45, 2.75) is 6.92 Å². The highest BCUT2D eigenvalue weighted by Crippen LogP contribution is 2.25. The summed E-state index contributed by atoms with van der Waals surface area (Å²) < 4.78 is 7.25. The summed E-state index contributed by atoms with van der Waals surface area (Å²) in [6.07, 6.45) is 3.15. The average molecular weight is 370 g/mol. The summed E-state index contributed by atoms with van der Waals surface area (Å²) in [5.41, 5.74) is 2.86. The van der Waals surface area contributed by atoms with Crippen LogP contribution in [-0.2, 0) is 4.84 Å². The van der Waals surface area contributed by atoms with E-state index in [9.17, 15) is 9.59 Å². The highest BCUT2D eigenvalue weighted by atomic mass is 16.6. The lowest BCUT2D eigenvalue weighted by Crippen LogP contribution is -2.28. The lowest BCUT2D eigenvalue weighted by atomic mass is 10.2. The fourth-order valence-electron chi connectivity index (χ4n) is 2.40. The van der Waals surface area contributed by atoms with Crippen molar-refractivity contribution < 1.29 is 19.2 Å². The van der Waals surface area contributed by atoms with Gasteiger partial charge >= 0.3 is 12.1 Å². The zero-order valence-corrected chi connectivity index (χ0v) is 14.7. The predicted molar refractivity (Wildman–Crippen MR) is 97.7 cm³/mol. The van der Waals surface area contributed by atoms with Gasteiger partial charge in [0.1, 0.15) is 5.75 Å². The maximum absolute atomic E-state index is 12.0. The quantitative estimate of drug-likeness (QED) is 0.594. The molecule has 0 bridgehead atoms. The van der Waals surface area contributed by atoms with Gasteiger partial charge in [-0.15, -0.1) is 0 Å². The van der Waals surface area contributed by atoms with E-state index in [1.54, 1.807) is 30.5 Å². The molecule has 0 fully saturated rings. The van der Waals surface area contributed by atoms with E-state index >= 15 is 0 Å². The molecule has 0 atom stereocenters. The van der Waals surface area contributed by atoms with E-state index in [-0.39, 0.29) is 17.9 Å². The minimum absolute atomic E-state index is 0.0607. The molecule has 27 heavy (non-hydrogen) atoms. The Balaban J connectivity index is 1.77. The molecular formula is C17H18N6O4. The minimum Gasteiger partial charge on any atom is -0.439 e. The molecule has 140 valence electrons. The number of fused-ring (bicyclic) bond motifs is 1. The molecule has 0 radical (unpaired) electrons. The van der Waals surface area contributed by atoms with Crippen LogP contribution in [0.15, 0.2) is 42.7 Å². The number of amides is 3. The summed E-state index contributed by atoms with van der Waals surface area (Å²) in [4.78, 5) is 36.0. The SMILES string of the molecule is CCNC(=O)n1ccc2cc(Oc3ccnc(NC(=O)NOC)n3)ccc21. The lowest BCUT2D eigenvalue weighted by molar-refractivity contribution is 0.114. The maximum atomic E-state index is 12.0. The number of hydroxylamine groups is 1. The maximum Gasteiger partial charge on any atom is 0.345 e. The Morgan fingerprint density at radius 3 is 2.85 bits per heavy atom. The summed E-state index contributed by atoms with van der Waals surface area (Å²) in [6, 6.07) is 7.88. The molecule has 0 unspecified atom stereocenters. The van der Waals surface area contributed by atoms with E-state index < -0.39 is 6.03 Å². The van der Waals surface area contributed by atoms with Crippen molar-refractivity contribution in [1.29, 1.82) is 0 Å². The number of urea groups is 1. The van der Waals surface area contributed by atoms with E-state index in [0.29, 0.717) is 12.3 Å². The first-order valence-corrected chi connectivity index (χ1v) is 8.11. The molecule has 0 saturated heterocycles. The molecule has 3 amide bonds. The van der Waals surface area contributed by atoms with Crippen molar-refractivity contribution in [3.8, 4) is 11.6 Å². The van der Waals surface area contributed by atoms with Crippen LogP contribution in [0.1, 0.15) is 6.92 Å². The highest BCUT2D eigenvalue weighted by Gasteiger charge is 2.10. The smallest absolute Gasteiger partial charge is 0.345 e. The third-order valence-electron chi connectivity index (χ3n) is 3.48. The number of benzene rings is 1. The molecule has 10 nitrogen and oxygen atoms in total. The van der Waals surface area contributed by atoms with E-state index in [1.807, 2.05) is 13.0 Å². The van der Waals surface area contributed by atoms with Crippen LogP contribution in [0.2, 0.25) is 0 Å². The molecule has 10 heteroatoms. The molecule has 0 saturated carbocycles. The number of ether oxygens (including phenoxy) is 1. The van der Waals surface area contributed by atoms with Crippen LogP contribution in [0.5, 0.6) is 11.6 Å². The number of hydrogen-bond donors (Lipinski definition) is 3. The van der Waals surface area contributed by atoms with Gasteiger partial charge in [-0.2, -0.15) is 4.98 Å².